The van der Waals surface area contributed by atoms with Crippen molar-refractivity contribution in [1.82, 2.24) is 0 Å². The zero-order chi connectivity index (χ0) is 23.7. The van der Waals surface area contributed by atoms with Gasteiger partial charge in [0.15, 0.2) is 0 Å². The molecule has 1 heterocycles. The number of methoxy groups -OCH3 is 1. The molecule has 1 aliphatic heterocycles. The summed E-state index contributed by atoms with van der Waals surface area (Å²) in [5, 5.41) is 13.8. The van der Waals surface area contributed by atoms with Crippen LogP contribution in [0.2, 0.25) is 0 Å². The van der Waals surface area contributed by atoms with Gasteiger partial charge in [-0.15, -0.1) is 0 Å². The van der Waals surface area contributed by atoms with Gasteiger partial charge in [0.1, 0.15) is 0 Å². The van der Waals surface area contributed by atoms with E-state index >= 15 is 0 Å². The van der Waals surface area contributed by atoms with Crippen molar-refractivity contribution in [1.29, 1.82) is 0 Å². The number of non-ortho nitro benzene ring substituents is 1. The number of carbonyl (C=O) groups excluding carboxylic acids is 4. The normalized spacial score (nSPS) is 12.3. The van der Waals surface area contributed by atoms with Crippen molar-refractivity contribution in [3.05, 3.63) is 99.1 Å². The predicted octanol–water partition coefficient (Wildman–Crippen LogP) is 3.43. The zero-order valence-corrected chi connectivity index (χ0v) is 17.1. The molecule has 1 N–H and O–H groups in total. The largest absolute Gasteiger partial charge is 0.465 e. The molecule has 0 spiro atoms. The lowest BCUT2D eigenvalue weighted by molar-refractivity contribution is -0.384. The number of imide groups is 1. The van der Waals surface area contributed by atoms with Crippen LogP contribution in [0.4, 0.5) is 17.1 Å². The Labute approximate surface area is 186 Å². The van der Waals surface area contributed by atoms with Gasteiger partial charge >= 0.3 is 5.97 Å². The number of hydrogen-bond donors (Lipinski definition) is 1. The maximum absolute atomic E-state index is 12.8. The van der Waals surface area contributed by atoms with E-state index in [-0.39, 0.29) is 33.6 Å². The summed E-state index contributed by atoms with van der Waals surface area (Å²) in [4.78, 5) is 61.5. The molecule has 0 fully saturated rings. The van der Waals surface area contributed by atoms with E-state index in [4.69, 9.17) is 0 Å². The minimum absolute atomic E-state index is 0.143. The molecule has 0 radical (unpaired) electrons. The average molecular weight is 445 g/mol. The standard InChI is InChI=1S/C23H15N3O7/c1-33-23(30)14-9-13(10-17(11-14)26(31)32)20(27)24-15-5-4-6-16(12-15)25-21(28)18-7-2-3-8-19(18)22(25)29/h2-12H,1H3,(H,24,27). The van der Waals surface area contributed by atoms with Gasteiger partial charge < -0.3 is 10.1 Å². The molecule has 10 nitrogen and oxygen atoms in total. The molecular formula is C23H15N3O7. The van der Waals surface area contributed by atoms with Gasteiger partial charge in [-0.25, -0.2) is 9.69 Å². The van der Waals surface area contributed by atoms with Gasteiger partial charge in [-0.05, 0) is 36.4 Å². The Balaban J connectivity index is 1.62. The maximum Gasteiger partial charge on any atom is 0.338 e. The van der Waals surface area contributed by atoms with E-state index in [0.717, 1.165) is 24.1 Å². The van der Waals surface area contributed by atoms with Crippen molar-refractivity contribution in [2.45, 2.75) is 0 Å². The molecule has 3 aromatic carbocycles. The van der Waals surface area contributed by atoms with Gasteiger partial charge in [0.25, 0.3) is 23.4 Å². The first-order valence-corrected chi connectivity index (χ1v) is 9.57. The Kier molecular flexibility index (Phi) is 5.41. The number of fused-ring (bicyclic) bond motifs is 1. The van der Waals surface area contributed by atoms with Crippen LogP contribution in [0.25, 0.3) is 0 Å². The summed E-state index contributed by atoms with van der Waals surface area (Å²) in [7, 11) is 1.12. The Morgan fingerprint density at radius 2 is 1.55 bits per heavy atom. The van der Waals surface area contributed by atoms with Crippen LogP contribution in [0, 0.1) is 10.1 Å². The van der Waals surface area contributed by atoms with E-state index in [0.29, 0.717) is 0 Å². The van der Waals surface area contributed by atoms with Crippen molar-refractivity contribution in [2.75, 3.05) is 17.3 Å². The van der Waals surface area contributed by atoms with Crippen molar-refractivity contribution in [2.24, 2.45) is 0 Å². The number of benzene rings is 3. The SMILES string of the molecule is COC(=O)c1cc(C(=O)Nc2cccc(N3C(=O)c4ccccc4C3=O)c2)cc([N+](=O)[O-])c1. The predicted molar refractivity (Wildman–Crippen MR) is 116 cm³/mol. The quantitative estimate of drug-likeness (QED) is 0.275. The van der Waals surface area contributed by atoms with Crippen molar-refractivity contribution in [3.63, 3.8) is 0 Å². The molecule has 0 atom stereocenters. The number of rotatable bonds is 5. The Morgan fingerprint density at radius 1 is 0.909 bits per heavy atom. The molecule has 1 aliphatic rings. The number of nitro groups is 1. The minimum Gasteiger partial charge on any atom is -0.465 e. The summed E-state index contributed by atoms with van der Waals surface area (Å²) in [6.07, 6.45) is 0. The summed E-state index contributed by atoms with van der Waals surface area (Å²) in [6.45, 7) is 0. The second-order valence-electron chi connectivity index (χ2n) is 7.01. The molecule has 0 aromatic heterocycles. The molecule has 164 valence electrons. The fraction of sp³-hybridized carbons (Fsp3) is 0.0435. The second-order valence-corrected chi connectivity index (χ2v) is 7.01. The summed E-state index contributed by atoms with van der Waals surface area (Å²) in [6, 6.07) is 15.7. The number of ether oxygens (including phenoxy) is 1. The highest BCUT2D eigenvalue weighted by molar-refractivity contribution is 6.34. The maximum atomic E-state index is 12.8. The van der Waals surface area contributed by atoms with Crippen LogP contribution in [-0.4, -0.2) is 35.7 Å². The van der Waals surface area contributed by atoms with Gasteiger partial charge in [-0.2, -0.15) is 0 Å². The third kappa shape index (κ3) is 3.92. The summed E-state index contributed by atoms with van der Waals surface area (Å²) in [5.74, 6) is -2.54. The highest BCUT2D eigenvalue weighted by Crippen LogP contribution is 2.30. The number of carbonyl (C=O) groups is 4. The van der Waals surface area contributed by atoms with Crippen molar-refractivity contribution >= 4 is 40.8 Å². The average Bonchev–Trinajstić information content (AvgIpc) is 3.08. The fourth-order valence-electron chi connectivity index (χ4n) is 3.43. The lowest BCUT2D eigenvalue weighted by Crippen LogP contribution is -2.29. The first kappa shape index (κ1) is 21.4. The highest BCUT2D eigenvalue weighted by atomic mass is 16.6. The first-order valence-electron chi connectivity index (χ1n) is 9.57. The molecule has 0 bridgehead atoms. The number of anilines is 2. The van der Waals surface area contributed by atoms with Gasteiger partial charge in [0.2, 0.25) is 0 Å². The third-order valence-electron chi connectivity index (χ3n) is 4.97. The Hall–Kier alpha value is -4.86. The van der Waals surface area contributed by atoms with E-state index in [9.17, 15) is 29.3 Å². The van der Waals surface area contributed by atoms with Gasteiger partial charge in [0.05, 0.1) is 34.4 Å². The lowest BCUT2D eigenvalue weighted by atomic mass is 10.1. The van der Waals surface area contributed by atoms with Crippen molar-refractivity contribution in [3.8, 4) is 0 Å². The minimum atomic E-state index is -0.833. The molecule has 0 unspecified atom stereocenters. The number of hydrogen-bond acceptors (Lipinski definition) is 7. The van der Waals surface area contributed by atoms with Crippen LogP contribution in [0.15, 0.2) is 66.7 Å². The molecule has 4 rings (SSSR count). The number of nitrogens with zero attached hydrogens (tertiary/aromatic N) is 2. The van der Waals surface area contributed by atoms with Gasteiger partial charge in [0, 0.05) is 23.4 Å². The van der Waals surface area contributed by atoms with E-state index in [2.05, 4.69) is 10.1 Å². The topological polar surface area (TPSA) is 136 Å². The molecular weight excluding hydrogens is 430 g/mol. The molecule has 10 heteroatoms. The molecule has 33 heavy (non-hydrogen) atoms. The number of nitro benzene ring substituents is 1. The van der Waals surface area contributed by atoms with Gasteiger partial charge in [-0.1, -0.05) is 18.2 Å². The monoisotopic (exact) mass is 445 g/mol. The van der Waals surface area contributed by atoms with Crippen LogP contribution >= 0.6 is 0 Å². The molecule has 0 saturated heterocycles. The molecule has 0 aliphatic carbocycles. The third-order valence-corrected chi connectivity index (χ3v) is 4.97. The van der Waals surface area contributed by atoms with Crippen molar-refractivity contribution < 1.29 is 28.8 Å². The van der Waals surface area contributed by atoms with E-state index < -0.39 is 34.3 Å². The molecule has 3 aromatic rings. The Bertz CT molecular complexity index is 1310. The number of amides is 3. The summed E-state index contributed by atoms with van der Waals surface area (Å²) in [5.41, 5.74) is 0.288. The Morgan fingerprint density at radius 3 is 2.15 bits per heavy atom. The smallest absolute Gasteiger partial charge is 0.338 e. The number of nitrogens with one attached hydrogen (secondary N) is 1. The zero-order valence-electron chi connectivity index (χ0n) is 17.1. The van der Waals surface area contributed by atoms with Crippen LogP contribution in [-0.2, 0) is 4.74 Å². The van der Waals surface area contributed by atoms with Crippen LogP contribution in [0.3, 0.4) is 0 Å². The van der Waals surface area contributed by atoms with Gasteiger partial charge in [-0.3, -0.25) is 24.5 Å². The van der Waals surface area contributed by atoms with Crippen LogP contribution in [0.1, 0.15) is 41.4 Å². The second kappa shape index (κ2) is 8.35. The highest BCUT2D eigenvalue weighted by Gasteiger charge is 2.36. The number of esters is 1. The molecule has 0 saturated carbocycles. The van der Waals surface area contributed by atoms with E-state index in [1.807, 2.05) is 0 Å². The van der Waals surface area contributed by atoms with Crippen LogP contribution in [0.5, 0.6) is 0 Å². The summed E-state index contributed by atoms with van der Waals surface area (Å²) >= 11 is 0. The van der Waals surface area contributed by atoms with Crippen LogP contribution < -0.4 is 10.2 Å². The summed E-state index contributed by atoms with van der Waals surface area (Å²) < 4.78 is 4.58. The van der Waals surface area contributed by atoms with E-state index in [1.54, 1.807) is 36.4 Å². The fourth-order valence-corrected chi connectivity index (χ4v) is 3.43. The first-order chi connectivity index (χ1) is 15.8. The molecule has 3 amide bonds. The lowest BCUT2D eigenvalue weighted by Gasteiger charge is -2.15. The van der Waals surface area contributed by atoms with E-state index in [1.165, 1.54) is 18.2 Å².